The minimum absolute atomic E-state index is 0.108. The van der Waals surface area contributed by atoms with Crippen molar-refractivity contribution >= 4 is 5.97 Å². The molecule has 2 heterocycles. The van der Waals surface area contributed by atoms with Crippen LogP contribution in [0.1, 0.15) is 34.3 Å². The molecule has 2 unspecified atom stereocenters. The Balaban J connectivity index is 2.05. The molecule has 0 saturated carbocycles. The van der Waals surface area contributed by atoms with Crippen LogP contribution in [0.25, 0.3) is 0 Å². The van der Waals surface area contributed by atoms with Crippen molar-refractivity contribution in [3.8, 4) is 0 Å². The SMILES string of the molecule is O=C1OC2Cc3ccccc3C1c1ccccc12. The van der Waals surface area contributed by atoms with Gasteiger partial charge in [0.2, 0.25) is 0 Å². The van der Waals surface area contributed by atoms with Crippen molar-refractivity contribution in [3.05, 3.63) is 70.8 Å². The molecular formula is C16H12O2. The van der Waals surface area contributed by atoms with Crippen molar-refractivity contribution in [2.45, 2.75) is 18.4 Å². The van der Waals surface area contributed by atoms with E-state index in [1.807, 2.05) is 30.3 Å². The highest BCUT2D eigenvalue weighted by molar-refractivity contribution is 5.86. The first-order valence-electron chi connectivity index (χ1n) is 6.22. The van der Waals surface area contributed by atoms with E-state index >= 15 is 0 Å². The fourth-order valence-corrected chi connectivity index (χ4v) is 3.11. The number of carbonyl (C=O) groups excluding carboxylic acids is 1. The molecule has 2 atom stereocenters. The zero-order chi connectivity index (χ0) is 12.1. The molecule has 2 bridgehead atoms. The summed E-state index contributed by atoms with van der Waals surface area (Å²) in [4.78, 5) is 12.2. The molecule has 2 aromatic rings. The molecule has 5 rings (SSSR count). The molecule has 0 N–H and O–H groups in total. The number of esters is 1. The van der Waals surface area contributed by atoms with Crippen molar-refractivity contribution in [1.29, 1.82) is 0 Å². The molecule has 0 aromatic heterocycles. The average molecular weight is 236 g/mol. The average Bonchev–Trinajstić information content (AvgIpc) is 2.63. The summed E-state index contributed by atoms with van der Waals surface area (Å²) < 4.78 is 5.58. The van der Waals surface area contributed by atoms with Gasteiger partial charge in [-0.3, -0.25) is 4.79 Å². The van der Waals surface area contributed by atoms with Gasteiger partial charge in [0.25, 0.3) is 0 Å². The van der Waals surface area contributed by atoms with E-state index in [1.165, 1.54) is 11.1 Å². The number of hydrogen-bond acceptors (Lipinski definition) is 2. The molecule has 0 fully saturated rings. The van der Waals surface area contributed by atoms with Gasteiger partial charge in [-0.2, -0.15) is 0 Å². The summed E-state index contributed by atoms with van der Waals surface area (Å²) in [5, 5.41) is 0. The first kappa shape index (κ1) is 9.89. The second-order valence-electron chi connectivity index (χ2n) is 4.89. The van der Waals surface area contributed by atoms with Gasteiger partial charge in [-0.05, 0) is 22.3 Å². The molecule has 2 nitrogen and oxygen atoms in total. The summed E-state index contributed by atoms with van der Waals surface area (Å²) >= 11 is 0. The van der Waals surface area contributed by atoms with Gasteiger partial charge in [0.1, 0.15) is 12.0 Å². The number of carbonyl (C=O) groups is 1. The van der Waals surface area contributed by atoms with Crippen LogP contribution < -0.4 is 0 Å². The molecule has 2 aliphatic heterocycles. The number of ether oxygens (including phenoxy) is 1. The lowest BCUT2D eigenvalue weighted by molar-refractivity contribution is -0.151. The summed E-state index contributed by atoms with van der Waals surface area (Å²) in [5.74, 6) is -0.347. The number of rotatable bonds is 0. The van der Waals surface area contributed by atoms with Crippen LogP contribution in [0, 0.1) is 0 Å². The van der Waals surface area contributed by atoms with Crippen LogP contribution in [0.3, 0.4) is 0 Å². The van der Waals surface area contributed by atoms with Gasteiger partial charge in [0, 0.05) is 6.42 Å². The van der Waals surface area contributed by atoms with Crippen molar-refractivity contribution < 1.29 is 9.53 Å². The van der Waals surface area contributed by atoms with Crippen LogP contribution in [-0.2, 0) is 16.0 Å². The van der Waals surface area contributed by atoms with E-state index < -0.39 is 0 Å². The maximum atomic E-state index is 12.2. The van der Waals surface area contributed by atoms with Gasteiger partial charge >= 0.3 is 5.97 Å². The minimum atomic E-state index is -0.240. The highest BCUT2D eigenvalue weighted by Crippen LogP contribution is 2.44. The van der Waals surface area contributed by atoms with E-state index in [-0.39, 0.29) is 18.0 Å². The van der Waals surface area contributed by atoms with E-state index in [4.69, 9.17) is 4.74 Å². The van der Waals surface area contributed by atoms with Crippen LogP contribution in [0.15, 0.2) is 48.5 Å². The lowest BCUT2D eigenvalue weighted by Gasteiger charge is -2.27. The van der Waals surface area contributed by atoms with E-state index in [2.05, 4.69) is 18.2 Å². The van der Waals surface area contributed by atoms with Gasteiger partial charge < -0.3 is 4.74 Å². The zero-order valence-corrected chi connectivity index (χ0v) is 9.80. The molecule has 2 heteroatoms. The van der Waals surface area contributed by atoms with Crippen LogP contribution >= 0.6 is 0 Å². The third-order valence-electron chi connectivity index (χ3n) is 3.92. The third-order valence-corrected chi connectivity index (χ3v) is 3.92. The van der Waals surface area contributed by atoms with E-state index in [9.17, 15) is 4.79 Å². The maximum absolute atomic E-state index is 12.2. The molecular weight excluding hydrogens is 224 g/mol. The Bertz CT molecular complexity index is 645. The topological polar surface area (TPSA) is 26.3 Å². The van der Waals surface area contributed by atoms with Crippen molar-refractivity contribution in [1.82, 2.24) is 0 Å². The van der Waals surface area contributed by atoms with Crippen molar-refractivity contribution in [3.63, 3.8) is 0 Å². The second kappa shape index (κ2) is 3.45. The van der Waals surface area contributed by atoms with Gasteiger partial charge in [-0.25, -0.2) is 0 Å². The van der Waals surface area contributed by atoms with Crippen LogP contribution in [0.4, 0.5) is 0 Å². The predicted octanol–water partition coefficient (Wildman–Crippen LogP) is 2.97. The van der Waals surface area contributed by atoms with Crippen molar-refractivity contribution in [2.24, 2.45) is 0 Å². The molecule has 0 amide bonds. The molecule has 1 aliphatic carbocycles. The van der Waals surface area contributed by atoms with Crippen LogP contribution in [0.2, 0.25) is 0 Å². The first-order chi connectivity index (χ1) is 8.84. The molecule has 0 saturated heterocycles. The zero-order valence-electron chi connectivity index (χ0n) is 9.80. The van der Waals surface area contributed by atoms with Gasteiger partial charge in [-0.15, -0.1) is 0 Å². The normalized spacial score (nSPS) is 23.9. The van der Waals surface area contributed by atoms with Crippen LogP contribution in [-0.4, -0.2) is 5.97 Å². The molecule has 88 valence electrons. The number of benzene rings is 2. The Morgan fingerprint density at radius 3 is 2.39 bits per heavy atom. The van der Waals surface area contributed by atoms with E-state index in [1.54, 1.807) is 0 Å². The Labute approximate surface area is 105 Å². The van der Waals surface area contributed by atoms with E-state index in [0.717, 1.165) is 17.5 Å². The smallest absolute Gasteiger partial charge is 0.318 e. The highest BCUT2D eigenvalue weighted by atomic mass is 16.5. The fraction of sp³-hybridized carbons (Fsp3) is 0.188. The third kappa shape index (κ3) is 1.20. The largest absolute Gasteiger partial charge is 0.456 e. The van der Waals surface area contributed by atoms with Gasteiger partial charge in [0.15, 0.2) is 0 Å². The number of hydrogen-bond donors (Lipinski definition) is 0. The Morgan fingerprint density at radius 1 is 0.889 bits per heavy atom. The monoisotopic (exact) mass is 236 g/mol. The maximum Gasteiger partial charge on any atom is 0.318 e. The first-order valence-corrected chi connectivity index (χ1v) is 6.22. The highest BCUT2D eigenvalue weighted by Gasteiger charge is 2.40. The quantitative estimate of drug-likeness (QED) is 0.657. The molecule has 2 aromatic carbocycles. The Kier molecular flexibility index (Phi) is 1.90. The standard InChI is InChI=1S/C16H12O2/c17-16-15-11-6-2-1-5-10(11)9-14(18-16)12-7-3-4-8-13(12)15/h1-8,14-15H,9H2. The summed E-state index contributed by atoms with van der Waals surface area (Å²) in [5.41, 5.74) is 4.62. The number of fused-ring (bicyclic) bond motifs is 1. The lowest BCUT2D eigenvalue weighted by Crippen LogP contribution is -2.24. The molecule has 0 radical (unpaired) electrons. The second-order valence-corrected chi connectivity index (χ2v) is 4.89. The summed E-state index contributed by atoms with van der Waals surface area (Å²) in [7, 11) is 0. The summed E-state index contributed by atoms with van der Waals surface area (Å²) in [6.07, 6.45) is 0.670. The Hall–Kier alpha value is -2.09. The summed E-state index contributed by atoms with van der Waals surface area (Å²) in [6, 6.07) is 16.3. The Morgan fingerprint density at radius 2 is 1.56 bits per heavy atom. The van der Waals surface area contributed by atoms with Crippen LogP contribution in [0.5, 0.6) is 0 Å². The van der Waals surface area contributed by atoms with E-state index in [0.29, 0.717) is 0 Å². The summed E-state index contributed by atoms with van der Waals surface area (Å²) in [6.45, 7) is 0. The van der Waals surface area contributed by atoms with Gasteiger partial charge in [0.05, 0.1) is 0 Å². The molecule has 0 spiro atoms. The minimum Gasteiger partial charge on any atom is -0.456 e. The fourth-order valence-electron chi connectivity index (χ4n) is 3.11. The van der Waals surface area contributed by atoms with Crippen molar-refractivity contribution in [2.75, 3.05) is 0 Å². The lowest BCUT2D eigenvalue weighted by atomic mass is 9.87. The van der Waals surface area contributed by atoms with Gasteiger partial charge in [-0.1, -0.05) is 48.5 Å². The molecule has 3 aliphatic rings. The predicted molar refractivity (Wildman–Crippen MR) is 67.3 cm³/mol. The molecule has 18 heavy (non-hydrogen) atoms.